The molecule has 0 saturated carbocycles. The lowest BCUT2D eigenvalue weighted by Crippen LogP contribution is -2.13. The normalized spacial score (nSPS) is 10.4. The van der Waals surface area contributed by atoms with Crippen molar-refractivity contribution in [3.8, 4) is 0 Å². The number of carbonyl (C=O) groups is 1. The smallest absolute Gasteiger partial charge is 0.255 e. The largest absolute Gasteiger partial charge is 0.322 e. The summed E-state index contributed by atoms with van der Waals surface area (Å²) in [4.78, 5) is 12.7. The second kappa shape index (κ2) is 8.54. The molecule has 0 fully saturated rings. The molecule has 0 unspecified atom stereocenters. The molecule has 3 aromatic rings. The molecule has 1 amide bonds. The maximum Gasteiger partial charge on any atom is 0.255 e. The van der Waals surface area contributed by atoms with Crippen molar-refractivity contribution >= 4 is 23.4 Å². The zero-order valence-electron chi connectivity index (χ0n) is 14.2. The quantitative estimate of drug-likeness (QED) is 0.647. The first-order valence-corrected chi connectivity index (χ1v) is 9.66. The zero-order chi connectivity index (χ0) is 17.5. The summed E-state index contributed by atoms with van der Waals surface area (Å²) < 4.78 is 0. The van der Waals surface area contributed by atoms with Crippen LogP contribution in [-0.4, -0.2) is 12.2 Å². The summed E-state index contributed by atoms with van der Waals surface area (Å²) in [6, 6.07) is 26.1. The maximum absolute atomic E-state index is 12.7. The van der Waals surface area contributed by atoms with Gasteiger partial charge in [-0.1, -0.05) is 60.7 Å². The number of thioether (sulfide) groups is 1. The van der Waals surface area contributed by atoms with Crippen LogP contribution in [0.1, 0.15) is 27.0 Å². The van der Waals surface area contributed by atoms with Gasteiger partial charge in [0.15, 0.2) is 0 Å². The molecule has 0 aliphatic carbocycles. The van der Waals surface area contributed by atoms with Crippen LogP contribution < -0.4 is 5.32 Å². The molecule has 0 saturated heterocycles. The summed E-state index contributed by atoms with van der Waals surface area (Å²) in [6.07, 6.45) is 2.86. The lowest BCUT2D eigenvalue weighted by atomic mass is 10.0. The number of rotatable bonds is 6. The fraction of sp³-hybridized carbons (Fsp3) is 0.136. The summed E-state index contributed by atoms with van der Waals surface area (Å²) in [5, 5.41) is 3.07. The van der Waals surface area contributed by atoms with E-state index in [0.29, 0.717) is 5.56 Å². The Balaban J connectivity index is 1.78. The van der Waals surface area contributed by atoms with Gasteiger partial charge >= 0.3 is 0 Å². The molecule has 2 nitrogen and oxygen atoms in total. The number of benzene rings is 3. The molecular formula is C22H21NOS. The van der Waals surface area contributed by atoms with Crippen LogP contribution in [0.25, 0.3) is 0 Å². The van der Waals surface area contributed by atoms with Crippen LogP contribution in [0.5, 0.6) is 0 Å². The lowest BCUT2D eigenvalue weighted by molar-refractivity contribution is 0.102. The molecule has 3 heteroatoms. The highest BCUT2D eigenvalue weighted by Crippen LogP contribution is 2.20. The average molecular weight is 347 g/mol. The molecule has 126 valence electrons. The van der Waals surface area contributed by atoms with Crippen molar-refractivity contribution in [2.75, 3.05) is 11.6 Å². The van der Waals surface area contributed by atoms with Crippen LogP contribution in [0.15, 0.2) is 78.9 Å². The van der Waals surface area contributed by atoms with E-state index in [4.69, 9.17) is 0 Å². The molecule has 0 aliphatic heterocycles. The third kappa shape index (κ3) is 4.74. The van der Waals surface area contributed by atoms with Crippen molar-refractivity contribution < 1.29 is 4.79 Å². The van der Waals surface area contributed by atoms with Crippen LogP contribution in [-0.2, 0) is 12.2 Å². The number of carbonyl (C=O) groups excluding carboxylic acids is 1. The molecule has 0 heterocycles. The fourth-order valence-corrected chi connectivity index (χ4v) is 3.29. The molecule has 0 bridgehead atoms. The first-order valence-electron chi connectivity index (χ1n) is 8.27. The van der Waals surface area contributed by atoms with Crippen molar-refractivity contribution in [3.05, 3.63) is 101 Å². The van der Waals surface area contributed by atoms with Crippen molar-refractivity contribution in [3.63, 3.8) is 0 Å². The second-order valence-electron chi connectivity index (χ2n) is 5.91. The molecular weight excluding hydrogens is 326 g/mol. The summed E-state index contributed by atoms with van der Waals surface area (Å²) in [5.74, 6) is 0.842. The Hall–Kier alpha value is -2.52. The van der Waals surface area contributed by atoms with Gasteiger partial charge in [-0.2, -0.15) is 11.8 Å². The van der Waals surface area contributed by atoms with E-state index in [1.165, 1.54) is 5.56 Å². The van der Waals surface area contributed by atoms with Crippen LogP contribution in [0.4, 0.5) is 5.69 Å². The van der Waals surface area contributed by atoms with E-state index >= 15 is 0 Å². The number of amides is 1. The second-order valence-corrected chi connectivity index (χ2v) is 6.77. The minimum absolute atomic E-state index is 0.0662. The first kappa shape index (κ1) is 17.3. The molecule has 3 aromatic carbocycles. The number of para-hydroxylation sites is 1. The van der Waals surface area contributed by atoms with Crippen molar-refractivity contribution in [2.24, 2.45) is 0 Å². The Morgan fingerprint density at radius 3 is 2.40 bits per heavy atom. The monoisotopic (exact) mass is 347 g/mol. The molecule has 0 aliphatic rings. The van der Waals surface area contributed by atoms with Gasteiger partial charge in [0.25, 0.3) is 5.91 Å². The Morgan fingerprint density at radius 1 is 0.880 bits per heavy atom. The summed E-state index contributed by atoms with van der Waals surface area (Å²) in [5.41, 5.74) is 5.07. The molecule has 0 atom stereocenters. The minimum atomic E-state index is -0.0662. The van der Waals surface area contributed by atoms with E-state index in [9.17, 15) is 4.79 Å². The van der Waals surface area contributed by atoms with Crippen LogP contribution in [0.2, 0.25) is 0 Å². The Kier molecular flexibility index (Phi) is 5.91. The predicted octanol–water partition coefficient (Wildman–Crippen LogP) is 5.39. The van der Waals surface area contributed by atoms with Gasteiger partial charge in [-0.15, -0.1) is 0 Å². The van der Waals surface area contributed by atoms with Gasteiger partial charge in [0.2, 0.25) is 0 Å². The Labute approximate surface area is 153 Å². The van der Waals surface area contributed by atoms with E-state index in [2.05, 4.69) is 35.8 Å². The number of anilines is 1. The van der Waals surface area contributed by atoms with Gasteiger partial charge in [-0.3, -0.25) is 4.79 Å². The van der Waals surface area contributed by atoms with Gasteiger partial charge in [0.1, 0.15) is 0 Å². The lowest BCUT2D eigenvalue weighted by Gasteiger charge is -2.12. The maximum atomic E-state index is 12.7. The molecule has 3 rings (SSSR count). The summed E-state index contributed by atoms with van der Waals surface area (Å²) in [7, 11) is 0. The number of hydrogen-bond donors (Lipinski definition) is 1. The highest BCUT2D eigenvalue weighted by atomic mass is 32.2. The summed E-state index contributed by atoms with van der Waals surface area (Å²) >= 11 is 1.75. The van der Waals surface area contributed by atoms with Crippen molar-refractivity contribution in [1.82, 2.24) is 0 Å². The van der Waals surface area contributed by atoms with Gasteiger partial charge in [-0.05, 0) is 47.6 Å². The van der Waals surface area contributed by atoms with E-state index in [0.717, 1.165) is 29.0 Å². The van der Waals surface area contributed by atoms with Crippen molar-refractivity contribution in [1.29, 1.82) is 0 Å². The molecule has 0 aromatic heterocycles. The molecule has 0 spiro atoms. The molecule has 25 heavy (non-hydrogen) atoms. The number of hydrogen-bond acceptors (Lipinski definition) is 2. The Morgan fingerprint density at radius 2 is 1.60 bits per heavy atom. The average Bonchev–Trinajstić information content (AvgIpc) is 2.65. The highest BCUT2D eigenvalue weighted by Gasteiger charge is 2.10. The van der Waals surface area contributed by atoms with Gasteiger partial charge in [0.05, 0.1) is 0 Å². The third-order valence-corrected chi connectivity index (χ3v) is 4.63. The zero-order valence-corrected chi connectivity index (χ0v) is 15.1. The van der Waals surface area contributed by atoms with Gasteiger partial charge < -0.3 is 5.32 Å². The fourth-order valence-electron chi connectivity index (χ4n) is 2.78. The molecule has 0 radical (unpaired) electrons. The highest BCUT2D eigenvalue weighted by molar-refractivity contribution is 7.97. The SMILES string of the molecule is CSCc1cccc(C(=O)Nc2ccccc2Cc2ccccc2)c1. The van der Waals surface area contributed by atoms with Crippen LogP contribution in [0, 0.1) is 0 Å². The Bertz CT molecular complexity index is 845. The van der Waals surface area contributed by atoms with Gasteiger partial charge in [-0.25, -0.2) is 0 Å². The summed E-state index contributed by atoms with van der Waals surface area (Å²) in [6.45, 7) is 0. The van der Waals surface area contributed by atoms with E-state index in [-0.39, 0.29) is 5.91 Å². The van der Waals surface area contributed by atoms with Gasteiger partial charge in [0, 0.05) is 17.0 Å². The standard InChI is InChI=1S/C22H21NOS/c1-25-16-18-10-7-12-20(15-18)22(24)23-21-13-6-5-11-19(21)14-17-8-3-2-4-9-17/h2-13,15H,14,16H2,1H3,(H,23,24). The van der Waals surface area contributed by atoms with E-state index in [1.54, 1.807) is 11.8 Å². The van der Waals surface area contributed by atoms with E-state index < -0.39 is 0 Å². The van der Waals surface area contributed by atoms with Crippen LogP contribution in [0.3, 0.4) is 0 Å². The minimum Gasteiger partial charge on any atom is -0.322 e. The third-order valence-electron chi connectivity index (χ3n) is 4.00. The first-order chi connectivity index (χ1) is 12.3. The molecule has 1 N–H and O–H groups in total. The van der Waals surface area contributed by atoms with Crippen molar-refractivity contribution in [2.45, 2.75) is 12.2 Å². The van der Waals surface area contributed by atoms with E-state index in [1.807, 2.05) is 54.6 Å². The number of nitrogens with one attached hydrogen (secondary N) is 1. The van der Waals surface area contributed by atoms with Crippen LogP contribution >= 0.6 is 11.8 Å². The topological polar surface area (TPSA) is 29.1 Å². The predicted molar refractivity (Wildman–Crippen MR) is 107 cm³/mol.